The minimum atomic E-state index is -3.85. The lowest BCUT2D eigenvalue weighted by molar-refractivity contribution is 0.0996. The number of nitrogens with one attached hydrogen (secondary N) is 2. The van der Waals surface area contributed by atoms with Crippen molar-refractivity contribution in [1.29, 1.82) is 0 Å². The van der Waals surface area contributed by atoms with Crippen LogP contribution in [0, 0.1) is 6.92 Å². The summed E-state index contributed by atoms with van der Waals surface area (Å²) in [6, 6.07) is 7.83. The summed E-state index contributed by atoms with van der Waals surface area (Å²) in [5.41, 5.74) is 1.38. The van der Waals surface area contributed by atoms with Gasteiger partial charge in [0.05, 0.1) is 12.0 Å². The van der Waals surface area contributed by atoms with Crippen LogP contribution in [0.25, 0.3) is 0 Å². The molecule has 0 spiro atoms. The molecular formula is C12H13N3O4S. The molecule has 20 heavy (non-hydrogen) atoms. The van der Waals surface area contributed by atoms with Gasteiger partial charge in [-0.3, -0.25) is 9.52 Å². The molecule has 0 bridgehead atoms. The minimum Gasteiger partial charge on any atom is -0.459 e. The number of carbonyl (C=O) groups excluding carboxylic acids is 1. The van der Waals surface area contributed by atoms with Crippen LogP contribution in [0.3, 0.4) is 0 Å². The Balaban J connectivity index is 2.16. The molecule has 4 N–H and O–H groups in total. The third kappa shape index (κ3) is 3.59. The van der Waals surface area contributed by atoms with Crippen molar-refractivity contribution in [2.75, 3.05) is 10.0 Å². The van der Waals surface area contributed by atoms with Crippen LogP contribution in [-0.2, 0) is 10.2 Å². The van der Waals surface area contributed by atoms with Gasteiger partial charge in [0.25, 0.3) is 16.1 Å². The molecule has 0 atom stereocenters. The van der Waals surface area contributed by atoms with Crippen molar-refractivity contribution in [1.82, 2.24) is 0 Å². The Morgan fingerprint density at radius 1 is 1.25 bits per heavy atom. The molecule has 0 radical (unpaired) electrons. The lowest BCUT2D eigenvalue weighted by atomic mass is 10.2. The molecule has 1 amide bonds. The first-order valence-corrected chi connectivity index (χ1v) is 7.16. The van der Waals surface area contributed by atoms with Crippen molar-refractivity contribution in [3.05, 3.63) is 47.9 Å². The summed E-state index contributed by atoms with van der Waals surface area (Å²) in [5, 5.41) is 7.48. The highest BCUT2D eigenvalue weighted by Crippen LogP contribution is 2.17. The van der Waals surface area contributed by atoms with E-state index in [-0.39, 0.29) is 11.4 Å². The molecule has 0 aliphatic rings. The normalized spacial score (nSPS) is 11.1. The number of furan rings is 1. The number of benzene rings is 1. The second-order valence-corrected chi connectivity index (χ2v) is 5.41. The van der Waals surface area contributed by atoms with Gasteiger partial charge in [-0.2, -0.15) is 8.42 Å². The summed E-state index contributed by atoms with van der Waals surface area (Å²) in [6.07, 6.45) is 1.42. The average Bonchev–Trinajstić information content (AvgIpc) is 2.73. The molecule has 1 aromatic carbocycles. The molecular weight excluding hydrogens is 282 g/mol. The van der Waals surface area contributed by atoms with Crippen LogP contribution in [0.15, 0.2) is 41.0 Å². The summed E-state index contributed by atoms with van der Waals surface area (Å²) in [7, 11) is -3.85. The third-order valence-corrected chi connectivity index (χ3v) is 2.97. The summed E-state index contributed by atoms with van der Waals surface area (Å²) in [4.78, 5) is 11.9. The lowest BCUT2D eigenvalue weighted by Gasteiger charge is -2.07. The minimum absolute atomic E-state index is 0.204. The first-order chi connectivity index (χ1) is 9.35. The van der Waals surface area contributed by atoms with Crippen LogP contribution >= 0.6 is 0 Å². The molecule has 2 rings (SSSR count). The van der Waals surface area contributed by atoms with E-state index >= 15 is 0 Å². The molecule has 8 heteroatoms. The van der Waals surface area contributed by atoms with Crippen LogP contribution < -0.4 is 15.2 Å². The monoisotopic (exact) mass is 295 g/mol. The number of amides is 1. The van der Waals surface area contributed by atoms with Gasteiger partial charge < -0.3 is 9.73 Å². The maximum absolute atomic E-state index is 11.9. The van der Waals surface area contributed by atoms with E-state index in [0.717, 1.165) is 0 Å². The predicted molar refractivity (Wildman–Crippen MR) is 74.6 cm³/mol. The Bertz CT molecular complexity index is 737. The fourth-order valence-electron chi connectivity index (χ4n) is 1.62. The number of carbonyl (C=O) groups is 1. The highest BCUT2D eigenvalue weighted by atomic mass is 32.2. The quantitative estimate of drug-likeness (QED) is 0.792. The largest absolute Gasteiger partial charge is 0.459 e. The Labute approximate surface area is 116 Å². The fourth-order valence-corrected chi connectivity index (χ4v) is 2.07. The van der Waals surface area contributed by atoms with E-state index in [4.69, 9.17) is 9.56 Å². The molecule has 0 aliphatic heterocycles. The van der Waals surface area contributed by atoms with E-state index in [1.54, 1.807) is 25.1 Å². The third-order valence-electron chi connectivity index (χ3n) is 2.45. The van der Waals surface area contributed by atoms with Crippen molar-refractivity contribution < 1.29 is 17.6 Å². The number of hydrogen-bond acceptors (Lipinski definition) is 4. The van der Waals surface area contributed by atoms with Gasteiger partial charge in [0, 0.05) is 11.3 Å². The number of anilines is 2. The van der Waals surface area contributed by atoms with Crippen LogP contribution in [0.1, 0.15) is 16.1 Å². The van der Waals surface area contributed by atoms with Gasteiger partial charge in [-0.1, -0.05) is 6.07 Å². The Kier molecular flexibility index (Phi) is 3.77. The zero-order valence-electron chi connectivity index (χ0n) is 10.6. The zero-order valence-corrected chi connectivity index (χ0v) is 11.4. The van der Waals surface area contributed by atoms with Crippen molar-refractivity contribution in [2.45, 2.75) is 6.92 Å². The van der Waals surface area contributed by atoms with Gasteiger partial charge in [0.2, 0.25) is 0 Å². The second-order valence-electron chi connectivity index (χ2n) is 4.11. The molecule has 0 fully saturated rings. The standard InChI is InChI=1S/C12H13N3O4S/c1-8-5-6-19-11(8)12(16)14-9-3-2-4-10(7-9)15-20(13,17)18/h2-7,15H,1H3,(H,14,16)(H2,13,17,18). The second kappa shape index (κ2) is 5.35. The first kappa shape index (κ1) is 14.1. The van der Waals surface area contributed by atoms with Crippen LogP contribution in [0.5, 0.6) is 0 Å². The van der Waals surface area contributed by atoms with Crippen LogP contribution in [0.4, 0.5) is 11.4 Å². The highest BCUT2D eigenvalue weighted by Gasteiger charge is 2.13. The van der Waals surface area contributed by atoms with E-state index < -0.39 is 16.1 Å². The smallest absolute Gasteiger partial charge is 0.296 e. The molecule has 0 saturated carbocycles. The van der Waals surface area contributed by atoms with Gasteiger partial charge in [-0.25, -0.2) is 5.14 Å². The molecule has 0 unspecified atom stereocenters. The summed E-state index contributed by atoms with van der Waals surface area (Å²) >= 11 is 0. The van der Waals surface area contributed by atoms with Crippen LogP contribution in [0.2, 0.25) is 0 Å². The number of aryl methyl sites for hydroxylation is 1. The van der Waals surface area contributed by atoms with Crippen LogP contribution in [-0.4, -0.2) is 14.3 Å². The Morgan fingerprint density at radius 3 is 2.55 bits per heavy atom. The van der Waals surface area contributed by atoms with Gasteiger partial charge in [0.1, 0.15) is 0 Å². The predicted octanol–water partition coefficient (Wildman–Crippen LogP) is 1.46. The first-order valence-electron chi connectivity index (χ1n) is 5.61. The van der Waals surface area contributed by atoms with E-state index in [0.29, 0.717) is 11.3 Å². The van der Waals surface area contributed by atoms with Gasteiger partial charge in [-0.05, 0) is 31.2 Å². The maximum Gasteiger partial charge on any atom is 0.296 e. The maximum atomic E-state index is 11.9. The van der Waals surface area contributed by atoms with E-state index in [1.807, 2.05) is 0 Å². The summed E-state index contributed by atoms with van der Waals surface area (Å²) < 4.78 is 29.0. The summed E-state index contributed by atoms with van der Waals surface area (Å²) in [5.74, 6) is -0.213. The van der Waals surface area contributed by atoms with Crippen molar-refractivity contribution >= 4 is 27.5 Å². The Morgan fingerprint density at radius 2 is 1.95 bits per heavy atom. The van der Waals surface area contributed by atoms with Gasteiger partial charge >= 0.3 is 0 Å². The average molecular weight is 295 g/mol. The van der Waals surface area contributed by atoms with Crippen molar-refractivity contribution in [2.24, 2.45) is 5.14 Å². The zero-order chi connectivity index (χ0) is 14.8. The van der Waals surface area contributed by atoms with Gasteiger partial charge in [-0.15, -0.1) is 0 Å². The molecule has 2 aromatic rings. The van der Waals surface area contributed by atoms with Crippen molar-refractivity contribution in [3.63, 3.8) is 0 Å². The summed E-state index contributed by atoms with van der Waals surface area (Å²) in [6.45, 7) is 1.75. The van der Waals surface area contributed by atoms with E-state index in [9.17, 15) is 13.2 Å². The molecule has 7 nitrogen and oxygen atoms in total. The fraction of sp³-hybridized carbons (Fsp3) is 0.0833. The van der Waals surface area contributed by atoms with Gasteiger partial charge in [0.15, 0.2) is 5.76 Å². The Hall–Kier alpha value is -2.32. The molecule has 106 valence electrons. The van der Waals surface area contributed by atoms with E-state index in [2.05, 4.69) is 10.0 Å². The highest BCUT2D eigenvalue weighted by molar-refractivity contribution is 7.90. The number of nitrogens with two attached hydrogens (primary N) is 1. The van der Waals surface area contributed by atoms with Crippen molar-refractivity contribution in [3.8, 4) is 0 Å². The number of hydrogen-bond donors (Lipinski definition) is 3. The topological polar surface area (TPSA) is 114 Å². The SMILES string of the molecule is Cc1ccoc1C(=O)Nc1cccc(NS(N)(=O)=O)c1. The molecule has 1 heterocycles. The molecule has 0 saturated heterocycles. The molecule has 1 aromatic heterocycles. The number of rotatable bonds is 4. The molecule has 0 aliphatic carbocycles. The lowest BCUT2D eigenvalue weighted by Crippen LogP contribution is -2.21. The van der Waals surface area contributed by atoms with E-state index in [1.165, 1.54) is 18.4 Å².